The molecule has 1 aromatic heterocycles. The first-order chi connectivity index (χ1) is 16.5. The van der Waals surface area contributed by atoms with Crippen molar-refractivity contribution in [2.45, 2.75) is 25.3 Å². The zero-order valence-corrected chi connectivity index (χ0v) is 18.9. The molecule has 1 amide bonds. The van der Waals surface area contributed by atoms with E-state index in [1.807, 2.05) is 25.4 Å². The largest absolute Gasteiger partial charge is 0.381 e. The summed E-state index contributed by atoms with van der Waals surface area (Å²) in [6.07, 6.45) is 5.14. The molecule has 1 aliphatic rings. The number of ether oxygens (including phenoxy) is 1. The Morgan fingerprint density at radius 3 is 2.53 bits per heavy atom. The van der Waals surface area contributed by atoms with Crippen LogP contribution in [0.1, 0.15) is 34.3 Å². The standard InChI is InChI=1S/C27H25F2N3O2/c1-32-16-20(15-30-32)17-6-7-18(25(28)14-17)12-19-13-24(26(29)23-5-3-2-4-22(19)23)27(33)31-21-8-10-34-11-9-21/h2-7,13-16,21H,8-12H2,1H3,(H,31,33). The molecule has 0 unspecified atom stereocenters. The Balaban J connectivity index is 1.49. The molecule has 5 rings (SSSR count). The van der Waals surface area contributed by atoms with Gasteiger partial charge in [-0.05, 0) is 47.1 Å². The van der Waals surface area contributed by atoms with E-state index in [0.29, 0.717) is 48.0 Å². The first-order valence-electron chi connectivity index (χ1n) is 11.4. The summed E-state index contributed by atoms with van der Waals surface area (Å²) >= 11 is 0. The van der Waals surface area contributed by atoms with Gasteiger partial charge in [-0.3, -0.25) is 9.48 Å². The molecule has 7 heteroatoms. The molecule has 0 saturated carbocycles. The number of nitrogens with zero attached hydrogens (tertiary/aromatic N) is 2. The lowest BCUT2D eigenvalue weighted by Gasteiger charge is -2.23. The summed E-state index contributed by atoms with van der Waals surface area (Å²) in [4.78, 5) is 13.0. The van der Waals surface area contributed by atoms with Gasteiger partial charge >= 0.3 is 0 Å². The number of hydrogen-bond donors (Lipinski definition) is 1. The lowest BCUT2D eigenvalue weighted by molar-refractivity contribution is 0.0695. The summed E-state index contributed by atoms with van der Waals surface area (Å²) in [5.74, 6) is -1.37. The Kier molecular flexibility index (Phi) is 6.11. The molecule has 174 valence electrons. The van der Waals surface area contributed by atoms with E-state index in [0.717, 1.165) is 11.1 Å². The molecule has 1 fully saturated rings. The highest BCUT2D eigenvalue weighted by Crippen LogP contribution is 2.29. The Morgan fingerprint density at radius 1 is 1.06 bits per heavy atom. The molecule has 34 heavy (non-hydrogen) atoms. The van der Waals surface area contributed by atoms with Crippen LogP contribution in [0, 0.1) is 11.6 Å². The van der Waals surface area contributed by atoms with Crippen LogP contribution in [-0.4, -0.2) is 34.9 Å². The van der Waals surface area contributed by atoms with E-state index in [-0.39, 0.29) is 23.8 Å². The zero-order chi connectivity index (χ0) is 23.7. The van der Waals surface area contributed by atoms with Gasteiger partial charge in [-0.15, -0.1) is 0 Å². The first kappa shape index (κ1) is 22.2. The Labute approximate surface area is 196 Å². The number of fused-ring (bicyclic) bond motifs is 1. The summed E-state index contributed by atoms with van der Waals surface area (Å²) in [5, 5.41) is 8.08. The maximum Gasteiger partial charge on any atom is 0.254 e. The van der Waals surface area contributed by atoms with Gasteiger partial charge in [0.15, 0.2) is 0 Å². The second-order valence-corrected chi connectivity index (χ2v) is 8.69. The summed E-state index contributed by atoms with van der Waals surface area (Å²) < 4.78 is 37.4. The van der Waals surface area contributed by atoms with Crippen LogP contribution in [0.15, 0.2) is 60.9 Å². The zero-order valence-electron chi connectivity index (χ0n) is 18.9. The molecule has 1 aliphatic heterocycles. The Hall–Kier alpha value is -3.58. The topological polar surface area (TPSA) is 56.2 Å². The van der Waals surface area contributed by atoms with Crippen LogP contribution in [0.3, 0.4) is 0 Å². The third kappa shape index (κ3) is 4.43. The molecule has 1 saturated heterocycles. The fourth-order valence-corrected chi connectivity index (χ4v) is 4.48. The summed E-state index contributed by atoms with van der Waals surface area (Å²) in [6, 6.07) is 13.6. The van der Waals surface area contributed by atoms with E-state index in [9.17, 15) is 4.79 Å². The van der Waals surface area contributed by atoms with Crippen LogP contribution in [0.5, 0.6) is 0 Å². The van der Waals surface area contributed by atoms with Gasteiger partial charge in [-0.25, -0.2) is 8.78 Å². The number of rotatable bonds is 5. The number of amides is 1. The predicted octanol–water partition coefficient (Wildman–Crippen LogP) is 5.02. The third-order valence-corrected chi connectivity index (χ3v) is 6.34. The van der Waals surface area contributed by atoms with E-state index >= 15 is 8.78 Å². The van der Waals surface area contributed by atoms with Crippen molar-refractivity contribution in [3.05, 3.63) is 89.2 Å². The number of nitrogens with one attached hydrogen (secondary N) is 1. The quantitative estimate of drug-likeness (QED) is 0.454. The number of aryl methyl sites for hydroxylation is 1. The molecule has 5 nitrogen and oxygen atoms in total. The van der Waals surface area contributed by atoms with Crippen LogP contribution in [0.25, 0.3) is 21.9 Å². The molecule has 3 aromatic carbocycles. The molecule has 4 aromatic rings. The van der Waals surface area contributed by atoms with Gasteiger partial charge in [0.25, 0.3) is 5.91 Å². The van der Waals surface area contributed by atoms with Crippen molar-refractivity contribution in [3.8, 4) is 11.1 Å². The van der Waals surface area contributed by atoms with Crippen LogP contribution in [0.2, 0.25) is 0 Å². The van der Waals surface area contributed by atoms with Crippen molar-refractivity contribution in [1.82, 2.24) is 15.1 Å². The maximum atomic E-state index is 15.3. The van der Waals surface area contributed by atoms with Crippen molar-refractivity contribution in [2.75, 3.05) is 13.2 Å². The lowest BCUT2D eigenvalue weighted by atomic mass is 9.94. The fourth-order valence-electron chi connectivity index (χ4n) is 4.48. The molecule has 0 aliphatic carbocycles. The average Bonchev–Trinajstić information content (AvgIpc) is 3.29. The number of carbonyl (C=O) groups excluding carboxylic acids is 1. The molecular formula is C27H25F2N3O2. The van der Waals surface area contributed by atoms with Crippen molar-refractivity contribution in [2.24, 2.45) is 7.05 Å². The van der Waals surface area contributed by atoms with E-state index in [1.165, 1.54) is 6.07 Å². The van der Waals surface area contributed by atoms with Gasteiger partial charge in [-0.2, -0.15) is 5.10 Å². The van der Waals surface area contributed by atoms with Gasteiger partial charge in [0.1, 0.15) is 11.6 Å². The van der Waals surface area contributed by atoms with Gasteiger partial charge in [-0.1, -0.05) is 36.4 Å². The average molecular weight is 462 g/mol. The number of hydrogen-bond acceptors (Lipinski definition) is 3. The summed E-state index contributed by atoms with van der Waals surface area (Å²) in [6.45, 7) is 1.15. The Bertz CT molecular complexity index is 1360. The van der Waals surface area contributed by atoms with E-state index in [1.54, 1.807) is 41.2 Å². The van der Waals surface area contributed by atoms with E-state index in [2.05, 4.69) is 10.4 Å². The molecule has 0 bridgehead atoms. The molecule has 0 atom stereocenters. The summed E-state index contributed by atoms with van der Waals surface area (Å²) in [5.41, 5.74) is 2.71. The van der Waals surface area contributed by atoms with E-state index in [4.69, 9.17) is 4.74 Å². The minimum absolute atomic E-state index is 0.0208. The minimum Gasteiger partial charge on any atom is -0.381 e. The second kappa shape index (κ2) is 9.35. The van der Waals surface area contributed by atoms with Crippen molar-refractivity contribution < 1.29 is 18.3 Å². The van der Waals surface area contributed by atoms with Crippen molar-refractivity contribution in [1.29, 1.82) is 0 Å². The maximum absolute atomic E-state index is 15.3. The number of halogens is 2. The van der Waals surface area contributed by atoms with E-state index < -0.39 is 11.7 Å². The predicted molar refractivity (Wildman–Crippen MR) is 127 cm³/mol. The van der Waals surface area contributed by atoms with Gasteiger partial charge in [0.05, 0.1) is 11.8 Å². The van der Waals surface area contributed by atoms with Gasteiger partial charge in [0.2, 0.25) is 0 Å². The smallest absolute Gasteiger partial charge is 0.254 e. The molecule has 0 radical (unpaired) electrons. The lowest BCUT2D eigenvalue weighted by Crippen LogP contribution is -2.39. The van der Waals surface area contributed by atoms with Crippen LogP contribution < -0.4 is 5.32 Å². The van der Waals surface area contributed by atoms with Crippen LogP contribution in [0.4, 0.5) is 8.78 Å². The highest BCUT2D eigenvalue weighted by molar-refractivity contribution is 6.00. The first-order valence-corrected chi connectivity index (χ1v) is 11.4. The van der Waals surface area contributed by atoms with Gasteiger partial charge < -0.3 is 10.1 Å². The number of benzene rings is 3. The van der Waals surface area contributed by atoms with Crippen molar-refractivity contribution in [3.63, 3.8) is 0 Å². The van der Waals surface area contributed by atoms with Crippen molar-refractivity contribution >= 4 is 16.7 Å². The Morgan fingerprint density at radius 2 is 1.82 bits per heavy atom. The second-order valence-electron chi connectivity index (χ2n) is 8.69. The number of aromatic nitrogens is 2. The minimum atomic E-state index is -0.559. The monoisotopic (exact) mass is 461 g/mol. The van der Waals surface area contributed by atoms with Crippen LogP contribution in [-0.2, 0) is 18.2 Å². The number of carbonyl (C=O) groups is 1. The SMILES string of the molecule is Cn1cc(-c2ccc(Cc3cc(C(=O)NC4CCOCC4)c(F)c4ccccc34)c(F)c2)cn1. The fraction of sp³-hybridized carbons (Fsp3) is 0.259. The highest BCUT2D eigenvalue weighted by atomic mass is 19.1. The van der Waals surface area contributed by atoms with Crippen LogP contribution >= 0.6 is 0 Å². The summed E-state index contributed by atoms with van der Waals surface area (Å²) in [7, 11) is 1.81. The molecule has 1 N–H and O–H groups in total. The molecule has 2 heterocycles. The normalized spacial score (nSPS) is 14.4. The highest BCUT2D eigenvalue weighted by Gasteiger charge is 2.22. The van der Waals surface area contributed by atoms with Gasteiger partial charge in [0, 0.05) is 49.9 Å². The molecular weight excluding hydrogens is 436 g/mol. The molecule has 0 spiro atoms. The third-order valence-electron chi connectivity index (χ3n) is 6.34.